The molecule has 0 unspecified atom stereocenters. The summed E-state index contributed by atoms with van der Waals surface area (Å²) in [5.74, 6) is 0.172. The lowest BCUT2D eigenvalue weighted by Gasteiger charge is -2.23. The molecule has 1 heterocycles. The van der Waals surface area contributed by atoms with Crippen molar-refractivity contribution in [1.82, 2.24) is 9.47 Å². The van der Waals surface area contributed by atoms with Gasteiger partial charge in [0.25, 0.3) is 5.91 Å². The van der Waals surface area contributed by atoms with Gasteiger partial charge in [-0.3, -0.25) is 9.59 Å². The number of carbonyl (C=O) groups is 2. The third-order valence-corrected chi connectivity index (χ3v) is 5.25. The predicted octanol–water partition coefficient (Wildman–Crippen LogP) is 4.57. The summed E-state index contributed by atoms with van der Waals surface area (Å²) in [6.07, 6.45) is 0. The molecule has 0 bridgehead atoms. The van der Waals surface area contributed by atoms with Crippen LogP contribution in [0.1, 0.15) is 42.4 Å². The Morgan fingerprint density at radius 2 is 1.74 bits per heavy atom. The van der Waals surface area contributed by atoms with E-state index >= 15 is 0 Å². The predicted molar refractivity (Wildman–Crippen MR) is 121 cm³/mol. The molecular weight excluding hydrogens is 392 g/mol. The van der Waals surface area contributed by atoms with Gasteiger partial charge in [-0.15, -0.1) is 0 Å². The molecule has 0 fully saturated rings. The Kier molecular flexibility index (Phi) is 7.34. The summed E-state index contributed by atoms with van der Waals surface area (Å²) in [6.45, 7) is 9.38. The van der Waals surface area contributed by atoms with Crippen LogP contribution >= 0.6 is 0 Å². The maximum Gasteiger partial charge on any atom is 0.325 e. The number of rotatable bonds is 9. The Morgan fingerprint density at radius 3 is 2.39 bits per heavy atom. The van der Waals surface area contributed by atoms with E-state index in [4.69, 9.17) is 9.47 Å². The van der Waals surface area contributed by atoms with Crippen molar-refractivity contribution in [2.75, 3.05) is 19.8 Å². The molecule has 0 radical (unpaired) electrons. The number of carbonyl (C=O) groups excluding carboxylic acids is 2. The first kappa shape index (κ1) is 22.4. The van der Waals surface area contributed by atoms with Gasteiger partial charge in [0.2, 0.25) is 0 Å². The second-order valence-corrected chi connectivity index (χ2v) is 7.28. The van der Waals surface area contributed by atoms with Crippen LogP contribution < -0.4 is 4.74 Å². The number of amides is 1. The van der Waals surface area contributed by atoms with Crippen LogP contribution in [0.25, 0.3) is 10.9 Å². The number of aryl methyl sites for hydroxylation is 2. The van der Waals surface area contributed by atoms with Gasteiger partial charge >= 0.3 is 5.97 Å². The van der Waals surface area contributed by atoms with E-state index in [-0.39, 0.29) is 19.1 Å². The van der Waals surface area contributed by atoms with Crippen LogP contribution in [0.2, 0.25) is 0 Å². The molecule has 31 heavy (non-hydrogen) atoms. The average molecular weight is 423 g/mol. The second-order valence-electron chi connectivity index (χ2n) is 7.28. The summed E-state index contributed by atoms with van der Waals surface area (Å²) in [4.78, 5) is 27.6. The number of hydrogen-bond acceptors (Lipinski definition) is 4. The highest BCUT2D eigenvalue weighted by Crippen LogP contribution is 2.30. The fraction of sp³-hybridized carbons (Fsp3) is 0.360. The van der Waals surface area contributed by atoms with Crippen molar-refractivity contribution in [2.24, 2.45) is 0 Å². The van der Waals surface area contributed by atoms with Gasteiger partial charge in [0.1, 0.15) is 18.0 Å². The topological polar surface area (TPSA) is 60.8 Å². The summed E-state index contributed by atoms with van der Waals surface area (Å²) < 4.78 is 12.8. The van der Waals surface area contributed by atoms with Gasteiger partial charge in [-0.25, -0.2) is 0 Å². The van der Waals surface area contributed by atoms with Gasteiger partial charge in [0.05, 0.1) is 13.2 Å². The molecule has 0 N–H and O–H groups in total. The molecule has 2 aromatic carbocycles. The van der Waals surface area contributed by atoms with Crippen LogP contribution in [0.4, 0.5) is 0 Å². The van der Waals surface area contributed by atoms with E-state index < -0.39 is 5.97 Å². The minimum absolute atomic E-state index is 0.101. The van der Waals surface area contributed by atoms with Gasteiger partial charge in [-0.1, -0.05) is 30.3 Å². The first-order chi connectivity index (χ1) is 15.0. The number of ether oxygens (including phenoxy) is 2. The van der Waals surface area contributed by atoms with Crippen molar-refractivity contribution in [3.8, 4) is 5.75 Å². The SMILES string of the molecule is CCOC(=O)CN(Cc1ccccc1)C(=O)c1c(C)c2cc(OCC)ccc2n1CC. The number of benzene rings is 2. The number of aromatic nitrogens is 1. The Balaban J connectivity index is 2.04. The van der Waals surface area contributed by atoms with Gasteiger partial charge in [0, 0.05) is 24.0 Å². The lowest BCUT2D eigenvalue weighted by Crippen LogP contribution is -2.37. The Hall–Kier alpha value is -3.28. The van der Waals surface area contributed by atoms with E-state index in [2.05, 4.69) is 0 Å². The molecule has 0 saturated heterocycles. The number of fused-ring (bicyclic) bond motifs is 1. The standard InChI is InChI=1S/C25H30N2O4/c1-5-27-22-14-13-20(30-6-2)15-21(22)18(4)24(27)25(29)26(17-23(28)31-7-3)16-19-11-9-8-10-12-19/h8-15H,5-7,16-17H2,1-4H3. The highest BCUT2D eigenvalue weighted by molar-refractivity contribution is 6.02. The van der Waals surface area contributed by atoms with Gasteiger partial charge < -0.3 is 18.9 Å². The Morgan fingerprint density at radius 1 is 1.00 bits per heavy atom. The van der Waals surface area contributed by atoms with Crippen LogP contribution in [0.3, 0.4) is 0 Å². The average Bonchev–Trinajstić information content (AvgIpc) is 3.05. The van der Waals surface area contributed by atoms with Gasteiger partial charge in [-0.2, -0.15) is 0 Å². The summed E-state index contributed by atoms with van der Waals surface area (Å²) in [7, 11) is 0. The van der Waals surface area contributed by atoms with Crippen LogP contribution in [0.5, 0.6) is 5.75 Å². The van der Waals surface area contributed by atoms with E-state index in [1.807, 2.05) is 73.9 Å². The molecule has 0 aliphatic rings. The van der Waals surface area contributed by atoms with Crippen molar-refractivity contribution in [1.29, 1.82) is 0 Å². The number of esters is 1. The minimum Gasteiger partial charge on any atom is -0.494 e. The Bertz CT molecular complexity index is 1060. The molecule has 6 nitrogen and oxygen atoms in total. The van der Waals surface area contributed by atoms with Crippen molar-refractivity contribution in [2.45, 2.75) is 40.8 Å². The zero-order valence-corrected chi connectivity index (χ0v) is 18.7. The third-order valence-electron chi connectivity index (χ3n) is 5.25. The van der Waals surface area contributed by atoms with Crippen molar-refractivity contribution >= 4 is 22.8 Å². The lowest BCUT2D eigenvalue weighted by atomic mass is 10.1. The summed E-state index contributed by atoms with van der Waals surface area (Å²) in [6, 6.07) is 15.6. The van der Waals surface area contributed by atoms with E-state index in [9.17, 15) is 9.59 Å². The molecule has 0 atom stereocenters. The van der Waals surface area contributed by atoms with Gasteiger partial charge in [-0.05, 0) is 57.0 Å². The highest BCUT2D eigenvalue weighted by Gasteiger charge is 2.26. The molecule has 3 aromatic rings. The first-order valence-electron chi connectivity index (χ1n) is 10.7. The molecular formula is C25H30N2O4. The third kappa shape index (κ3) is 4.90. The molecule has 3 rings (SSSR count). The monoisotopic (exact) mass is 422 g/mol. The van der Waals surface area contributed by atoms with E-state index in [0.717, 1.165) is 27.8 Å². The van der Waals surface area contributed by atoms with E-state index in [1.54, 1.807) is 11.8 Å². The fourth-order valence-corrected chi connectivity index (χ4v) is 3.88. The summed E-state index contributed by atoms with van der Waals surface area (Å²) in [5, 5.41) is 0.979. The largest absolute Gasteiger partial charge is 0.494 e. The molecule has 6 heteroatoms. The maximum absolute atomic E-state index is 13.7. The molecule has 1 amide bonds. The van der Waals surface area contributed by atoms with Gasteiger partial charge in [0.15, 0.2) is 0 Å². The molecule has 0 aliphatic carbocycles. The molecule has 1 aromatic heterocycles. The minimum atomic E-state index is -0.415. The Labute approximate surface area is 183 Å². The summed E-state index contributed by atoms with van der Waals surface area (Å²) in [5.41, 5.74) is 3.40. The van der Waals surface area contributed by atoms with E-state index in [1.165, 1.54) is 0 Å². The zero-order valence-electron chi connectivity index (χ0n) is 18.7. The zero-order chi connectivity index (χ0) is 22.4. The lowest BCUT2D eigenvalue weighted by molar-refractivity contribution is -0.143. The van der Waals surface area contributed by atoms with Crippen LogP contribution in [-0.4, -0.2) is 41.1 Å². The van der Waals surface area contributed by atoms with E-state index in [0.29, 0.717) is 25.4 Å². The quantitative estimate of drug-likeness (QED) is 0.474. The van der Waals surface area contributed by atoms with Crippen molar-refractivity contribution in [3.05, 3.63) is 65.4 Å². The van der Waals surface area contributed by atoms with Crippen LogP contribution in [0.15, 0.2) is 48.5 Å². The fourth-order valence-electron chi connectivity index (χ4n) is 3.88. The molecule has 0 spiro atoms. The number of nitrogens with zero attached hydrogens (tertiary/aromatic N) is 2. The van der Waals surface area contributed by atoms with Crippen LogP contribution in [0, 0.1) is 6.92 Å². The van der Waals surface area contributed by atoms with Crippen molar-refractivity contribution < 1.29 is 19.1 Å². The normalized spacial score (nSPS) is 10.8. The first-order valence-corrected chi connectivity index (χ1v) is 10.7. The smallest absolute Gasteiger partial charge is 0.325 e. The van der Waals surface area contributed by atoms with Crippen LogP contribution in [-0.2, 0) is 22.6 Å². The van der Waals surface area contributed by atoms with Crippen molar-refractivity contribution in [3.63, 3.8) is 0 Å². The molecule has 0 saturated carbocycles. The highest BCUT2D eigenvalue weighted by atomic mass is 16.5. The molecule has 164 valence electrons. The number of hydrogen-bond donors (Lipinski definition) is 0. The molecule has 0 aliphatic heterocycles. The maximum atomic E-state index is 13.7. The summed E-state index contributed by atoms with van der Waals surface area (Å²) >= 11 is 0. The second kappa shape index (κ2) is 10.2.